The molecular weight excluding hydrogens is 198 g/mol. The van der Waals surface area contributed by atoms with E-state index in [-0.39, 0.29) is 0 Å². The summed E-state index contributed by atoms with van der Waals surface area (Å²) in [4.78, 5) is 4.20. The van der Waals surface area contributed by atoms with Gasteiger partial charge in [0.15, 0.2) is 0 Å². The largest absolute Gasteiger partial charge is 0.396 e. The first kappa shape index (κ1) is 14.2. The predicted molar refractivity (Wildman–Crippen MR) is 73.8 cm³/mol. The van der Waals surface area contributed by atoms with Crippen LogP contribution in [0.2, 0.25) is 0 Å². The quantitative estimate of drug-likeness (QED) is 0.801. The molecular formula is C13H21N3. The topological polar surface area (TPSA) is 64.9 Å². The van der Waals surface area contributed by atoms with Gasteiger partial charge < -0.3 is 11.5 Å². The highest BCUT2D eigenvalue weighted by atomic mass is 14.8. The number of rotatable bonds is 2. The Morgan fingerprint density at radius 3 is 2.12 bits per heavy atom. The number of nitrogens with two attached hydrogens (primary N) is 2. The van der Waals surface area contributed by atoms with Gasteiger partial charge in [0.2, 0.25) is 0 Å². The van der Waals surface area contributed by atoms with Crippen molar-refractivity contribution in [2.24, 2.45) is 0 Å². The second-order valence-electron chi connectivity index (χ2n) is 2.93. The molecule has 0 aromatic carbocycles. The highest BCUT2D eigenvalue weighted by Crippen LogP contribution is 2.23. The van der Waals surface area contributed by atoms with Crippen molar-refractivity contribution < 1.29 is 0 Å². The van der Waals surface area contributed by atoms with Crippen molar-refractivity contribution in [1.29, 1.82) is 0 Å². The van der Waals surface area contributed by atoms with Crippen LogP contribution in [0.1, 0.15) is 39.0 Å². The maximum absolute atomic E-state index is 5.85. The van der Waals surface area contributed by atoms with Crippen LogP contribution in [-0.4, -0.2) is 4.98 Å². The first-order valence-corrected chi connectivity index (χ1v) is 5.50. The molecule has 1 aromatic rings. The number of hydrogen-bond acceptors (Lipinski definition) is 3. The molecule has 3 nitrogen and oxygen atoms in total. The Hall–Kier alpha value is -1.77. The molecule has 0 spiro atoms. The first-order chi connectivity index (χ1) is 7.70. The minimum Gasteiger partial charge on any atom is -0.396 e. The SMILES string of the molecule is C/C=C\c1ncc(N)c(N)c1/C=C\C.CC. The fourth-order valence-corrected chi connectivity index (χ4v) is 1.20. The van der Waals surface area contributed by atoms with Gasteiger partial charge in [-0.05, 0) is 19.9 Å². The molecule has 0 aliphatic rings. The van der Waals surface area contributed by atoms with E-state index in [9.17, 15) is 0 Å². The zero-order valence-electron chi connectivity index (χ0n) is 10.5. The van der Waals surface area contributed by atoms with Gasteiger partial charge in [-0.15, -0.1) is 0 Å². The Morgan fingerprint density at radius 1 is 1.06 bits per heavy atom. The summed E-state index contributed by atoms with van der Waals surface area (Å²) in [7, 11) is 0. The normalized spacial score (nSPS) is 10.5. The molecule has 1 rings (SSSR count). The van der Waals surface area contributed by atoms with E-state index < -0.39 is 0 Å². The average Bonchev–Trinajstić information content (AvgIpc) is 2.31. The van der Waals surface area contributed by atoms with Gasteiger partial charge in [0.05, 0.1) is 23.3 Å². The highest BCUT2D eigenvalue weighted by Gasteiger charge is 2.05. The Kier molecular flexibility index (Phi) is 6.68. The molecule has 0 fully saturated rings. The zero-order valence-corrected chi connectivity index (χ0v) is 10.5. The monoisotopic (exact) mass is 219 g/mol. The van der Waals surface area contributed by atoms with E-state index in [0.29, 0.717) is 11.4 Å². The van der Waals surface area contributed by atoms with Gasteiger partial charge in [-0.2, -0.15) is 0 Å². The van der Waals surface area contributed by atoms with E-state index in [1.807, 2.05) is 52.0 Å². The van der Waals surface area contributed by atoms with Crippen LogP contribution >= 0.6 is 0 Å². The standard InChI is InChI=1S/C11H15N3.C2H6/c1-3-5-8-10(6-4-2)14-7-9(12)11(8)13;1-2/h3-7H,12H2,1-2H3,(H2,13,14);1-2H3/b5-3-,6-4-;. The first-order valence-electron chi connectivity index (χ1n) is 5.50. The van der Waals surface area contributed by atoms with E-state index in [1.54, 1.807) is 6.20 Å². The smallest absolute Gasteiger partial charge is 0.0740 e. The molecule has 3 heteroatoms. The van der Waals surface area contributed by atoms with Crippen molar-refractivity contribution in [2.45, 2.75) is 27.7 Å². The molecule has 0 unspecified atom stereocenters. The van der Waals surface area contributed by atoms with Gasteiger partial charge in [-0.3, -0.25) is 4.98 Å². The summed E-state index contributed by atoms with van der Waals surface area (Å²) in [5.41, 5.74) is 14.4. The van der Waals surface area contributed by atoms with Gasteiger partial charge in [0.1, 0.15) is 0 Å². The van der Waals surface area contributed by atoms with Crippen LogP contribution in [0.25, 0.3) is 12.2 Å². The van der Waals surface area contributed by atoms with Crippen molar-refractivity contribution in [3.63, 3.8) is 0 Å². The lowest BCUT2D eigenvalue weighted by Crippen LogP contribution is -2.01. The van der Waals surface area contributed by atoms with E-state index in [0.717, 1.165) is 11.3 Å². The third-order valence-electron chi connectivity index (χ3n) is 1.88. The molecule has 0 bridgehead atoms. The van der Waals surface area contributed by atoms with Gasteiger partial charge in [0, 0.05) is 5.56 Å². The van der Waals surface area contributed by atoms with Crippen LogP contribution in [0, 0.1) is 0 Å². The number of hydrogen-bond donors (Lipinski definition) is 2. The highest BCUT2D eigenvalue weighted by molar-refractivity contribution is 5.80. The molecule has 0 saturated heterocycles. The Labute approximate surface area is 97.9 Å². The lowest BCUT2D eigenvalue weighted by Gasteiger charge is -2.06. The van der Waals surface area contributed by atoms with Crippen LogP contribution in [0.3, 0.4) is 0 Å². The summed E-state index contributed by atoms with van der Waals surface area (Å²) in [6.45, 7) is 7.87. The minimum absolute atomic E-state index is 0.520. The van der Waals surface area contributed by atoms with Gasteiger partial charge >= 0.3 is 0 Å². The molecule has 1 aromatic heterocycles. The summed E-state index contributed by atoms with van der Waals surface area (Å²) in [6, 6.07) is 0. The Balaban J connectivity index is 0.00000106. The molecule has 0 aliphatic carbocycles. The van der Waals surface area contributed by atoms with Crippen molar-refractivity contribution in [3.05, 3.63) is 29.6 Å². The Bertz CT molecular complexity index is 379. The van der Waals surface area contributed by atoms with Crippen LogP contribution < -0.4 is 11.5 Å². The van der Waals surface area contributed by atoms with E-state index in [4.69, 9.17) is 11.5 Å². The van der Waals surface area contributed by atoms with Crippen molar-refractivity contribution in [2.75, 3.05) is 11.5 Å². The molecule has 4 N–H and O–H groups in total. The van der Waals surface area contributed by atoms with Gasteiger partial charge in [-0.25, -0.2) is 0 Å². The van der Waals surface area contributed by atoms with Crippen LogP contribution in [-0.2, 0) is 0 Å². The van der Waals surface area contributed by atoms with Crippen LogP contribution in [0.5, 0.6) is 0 Å². The summed E-state index contributed by atoms with van der Waals surface area (Å²) >= 11 is 0. The van der Waals surface area contributed by atoms with Crippen molar-refractivity contribution in [3.8, 4) is 0 Å². The second-order valence-corrected chi connectivity index (χ2v) is 2.93. The van der Waals surface area contributed by atoms with E-state index in [2.05, 4.69) is 4.98 Å². The molecule has 16 heavy (non-hydrogen) atoms. The minimum atomic E-state index is 0.520. The summed E-state index contributed by atoms with van der Waals surface area (Å²) in [6.07, 6.45) is 9.24. The molecule has 0 amide bonds. The molecule has 0 saturated carbocycles. The molecule has 0 atom stereocenters. The number of nitrogen functional groups attached to an aromatic ring is 2. The van der Waals surface area contributed by atoms with Crippen LogP contribution in [0.4, 0.5) is 11.4 Å². The lowest BCUT2D eigenvalue weighted by atomic mass is 10.1. The molecule has 0 radical (unpaired) electrons. The number of nitrogens with zero attached hydrogens (tertiary/aromatic N) is 1. The third kappa shape index (κ3) is 3.42. The maximum atomic E-state index is 5.85. The van der Waals surface area contributed by atoms with E-state index >= 15 is 0 Å². The number of pyridine rings is 1. The molecule has 0 aliphatic heterocycles. The Morgan fingerprint density at radius 2 is 1.62 bits per heavy atom. The predicted octanol–water partition coefficient (Wildman–Crippen LogP) is 3.34. The zero-order chi connectivity index (χ0) is 12.6. The summed E-state index contributed by atoms with van der Waals surface area (Å²) in [5.74, 6) is 0. The fraction of sp³-hybridized carbons (Fsp3) is 0.308. The second kappa shape index (κ2) is 7.51. The molecule has 1 heterocycles. The summed E-state index contributed by atoms with van der Waals surface area (Å²) in [5, 5.41) is 0. The van der Waals surface area contributed by atoms with Gasteiger partial charge in [-0.1, -0.05) is 32.1 Å². The number of anilines is 2. The lowest BCUT2D eigenvalue weighted by molar-refractivity contribution is 1.29. The number of allylic oxidation sites excluding steroid dienone is 2. The number of aromatic nitrogens is 1. The summed E-state index contributed by atoms with van der Waals surface area (Å²) < 4.78 is 0. The molecule has 88 valence electrons. The van der Waals surface area contributed by atoms with Crippen molar-refractivity contribution >= 4 is 23.5 Å². The van der Waals surface area contributed by atoms with Crippen molar-refractivity contribution in [1.82, 2.24) is 4.98 Å². The fourth-order valence-electron chi connectivity index (χ4n) is 1.20. The van der Waals surface area contributed by atoms with E-state index in [1.165, 1.54) is 0 Å². The van der Waals surface area contributed by atoms with Crippen LogP contribution in [0.15, 0.2) is 18.3 Å². The average molecular weight is 219 g/mol. The van der Waals surface area contributed by atoms with Gasteiger partial charge in [0.25, 0.3) is 0 Å². The third-order valence-corrected chi connectivity index (χ3v) is 1.88. The maximum Gasteiger partial charge on any atom is 0.0740 e.